The normalized spacial score (nSPS) is 21.9. The van der Waals surface area contributed by atoms with Gasteiger partial charge < -0.3 is 4.74 Å². The third-order valence-corrected chi connectivity index (χ3v) is 2.98. The third kappa shape index (κ3) is 1.77. The lowest BCUT2D eigenvalue weighted by Crippen LogP contribution is -2.17. The van der Waals surface area contributed by atoms with Crippen LogP contribution < -0.4 is 0 Å². The van der Waals surface area contributed by atoms with E-state index in [0.717, 1.165) is 35.3 Å². The predicted molar refractivity (Wildman–Crippen MR) is 59.0 cm³/mol. The number of allylic oxidation sites excluding steroid dienone is 1. The standard InChI is InChI=1S/C10H13BrN2O/c1-7-3-4-8(14-2)6-13-9(7)5-10(11)12-13/h5,8H,1,3-4,6H2,2H3. The number of hydrogen-bond acceptors (Lipinski definition) is 2. The van der Waals surface area contributed by atoms with Gasteiger partial charge in [-0.1, -0.05) is 6.58 Å². The van der Waals surface area contributed by atoms with Crippen LogP contribution in [0.15, 0.2) is 17.2 Å². The zero-order valence-corrected chi connectivity index (χ0v) is 9.75. The topological polar surface area (TPSA) is 27.1 Å². The van der Waals surface area contributed by atoms with E-state index in [-0.39, 0.29) is 6.10 Å². The van der Waals surface area contributed by atoms with E-state index in [0.29, 0.717) is 0 Å². The van der Waals surface area contributed by atoms with Crippen LogP contribution in [0.25, 0.3) is 5.57 Å². The first-order valence-corrected chi connectivity index (χ1v) is 5.44. The summed E-state index contributed by atoms with van der Waals surface area (Å²) >= 11 is 3.37. The molecule has 0 aromatic carbocycles. The molecule has 0 N–H and O–H groups in total. The van der Waals surface area contributed by atoms with Gasteiger partial charge in [0.2, 0.25) is 0 Å². The van der Waals surface area contributed by atoms with Crippen LogP contribution in [0.2, 0.25) is 0 Å². The van der Waals surface area contributed by atoms with Crippen molar-refractivity contribution >= 4 is 21.5 Å². The van der Waals surface area contributed by atoms with E-state index < -0.39 is 0 Å². The summed E-state index contributed by atoms with van der Waals surface area (Å²) in [6.07, 6.45) is 2.26. The number of ether oxygens (including phenoxy) is 1. The minimum atomic E-state index is 0.250. The van der Waals surface area contributed by atoms with Crippen molar-refractivity contribution < 1.29 is 4.74 Å². The van der Waals surface area contributed by atoms with Gasteiger partial charge >= 0.3 is 0 Å². The number of methoxy groups -OCH3 is 1. The minimum Gasteiger partial charge on any atom is -0.380 e. The maximum atomic E-state index is 5.37. The first-order chi connectivity index (χ1) is 6.70. The van der Waals surface area contributed by atoms with Crippen LogP contribution in [0.4, 0.5) is 0 Å². The quantitative estimate of drug-likeness (QED) is 0.772. The fourth-order valence-corrected chi connectivity index (χ4v) is 2.16. The average molecular weight is 257 g/mol. The zero-order valence-electron chi connectivity index (χ0n) is 8.16. The largest absolute Gasteiger partial charge is 0.380 e. The van der Waals surface area contributed by atoms with Crippen molar-refractivity contribution in [2.24, 2.45) is 0 Å². The van der Waals surface area contributed by atoms with Crippen molar-refractivity contribution in [1.29, 1.82) is 0 Å². The molecule has 0 amide bonds. The van der Waals surface area contributed by atoms with Gasteiger partial charge in [0, 0.05) is 7.11 Å². The molecule has 2 rings (SSSR count). The molecule has 1 aromatic rings. The second-order valence-corrected chi connectivity index (χ2v) is 4.35. The Kier molecular flexibility index (Phi) is 2.74. The molecule has 14 heavy (non-hydrogen) atoms. The summed E-state index contributed by atoms with van der Waals surface area (Å²) in [7, 11) is 1.75. The van der Waals surface area contributed by atoms with Gasteiger partial charge in [0.15, 0.2) is 0 Å². The predicted octanol–water partition coefficient (Wildman–Crippen LogP) is 2.47. The molecular formula is C10H13BrN2O. The third-order valence-electron chi connectivity index (χ3n) is 2.59. The summed E-state index contributed by atoms with van der Waals surface area (Å²) in [6.45, 7) is 4.88. The first kappa shape index (κ1) is 9.93. The van der Waals surface area contributed by atoms with E-state index in [1.165, 1.54) is 0 Å². The number of nitrogens with zero attached hydrogens (tertiary/aromatic N) is 2. The highest BCUT2D eigenvalue weighted by molar-refractivity contribution is 9.10. The second kappa shape index (κ2) is 3.87. The van der Waals surface area contributed by atoms with Crippen LogP contribution >= 0.6 is 15.9 Å². The van der Waals surface area contributed by atoms with E-state index in [4.69, 9.17) is 4.74 Å². The van der Waals surface area contributed by atoms with E-state index in [1.807, 2.05) is 10.7 Å². The lowest BCUT2D eigenvalue weighted by atomic mass is 10.1. The zero-order chi connectivity index (χ0) is 10.1. The molecule has 0 aliphatic carbocycles. The van der Waals surface area contributed by atoms with E-state index >= 15 is 0 Å². The van der Waals surface area contributed by atoms with E-state index in [1.54, 1.807) is 7.11 Å². The summed E-state index contributed by atoms with van der Waals surface area (Å²) < 4.78 is 8.20. The molecule has 1 atom stereocenters. The minimum absolute atomic E-state index is 0.250. The fourth-order valence-electron chi connectivity index (χ4n) is 1.75. The highest BCUT2D eigenvalue weighted by Crippen LogP contribution is 2.26. The van der Waals surface area contributed by atoms with Crippen molar-refractivity contribution in [3.8, 4) is 0 Å². The lowest BCUT2D eigenvalue weighted by Gasteiger charge is -2.11. The van der Waals surface area contributed by atoms with Crippen molar-refractivity contribution in [1.82, 2.24) is 9.78 Å². The Morgan fingerprint density at radius 2 is 2.50 bits per heavy atom. The van der Waals surface area contributed by atoms with Gasteiger partial charge in [0.05, 0.1) is 18.3 Å². The Hall–Kier alpha value is -0.610. The summed E-state index contributed by atoms with van der Waals surface area (Å²) in [5, 5.41) is 4.35. The molecule has 0 saturated carbocycles. The van der Waals surface area contributed by atoms with Crippen molar-refractivity contribution in [2.45, 2.75) is 25.5 Å². The molecule has 0 radical (unpaired) electrons. The van der Waals surface area contributed by atoms with Gasteiger partial charge in [-0.15, -0.1) is 0 Å². The van der Waals surface area contributed by atoms with Gasteiger partial charge in [-0.3, -0.25) is 4.68 Å². The van der Waals surface area contributed by atoms with Gasteiger partial charge in [-0.05, 0) is 40.4 Å². The van der Waals surface area contributed by atoms with Crippen LogP contribution in [0.3, 0.4) is 0 Å². The van der Waals surface area contributed by atoms with Crippen molar-refractivity contribution in [3.63, 3.8) is 0 Å². The molecule has 1 aromatic heterocycles. The summed E-state index contributed by atoms with van der Waals surface area (Å²) in [6, 6.07) is 2.01. The molecule has 3 nitrogen and oxygen atoms in total. The molecule has 1 unspecified atom stereocenters. The van der Waals surface area contributed by atoms with Gasteiger partial charge in [-0.25, -0.2) is 0 Å². The molecular weight excluding hydrogens is 244 g/mol. The molecule has 0 bridgehead atoms. The molecule has 0 saturated heterocycles. The Labute approximate surface area is 91.9 Å². The molecule has 1 aliphatic heterocycles. The maximum absolute atomic E-state index is 5.37. The number of hydrogen-bond donors (Lipinski definition) is 0. The Morgan fingerprint density at radius 3 is 3.21 bits per heavy atom. The van der Waals surface area contributed by atoms with Crippen LogP contribution in [0, 0.1) is 0 Å². The van der Waals surface area contributed by atoms with Crippen LogP contribution in [0.5, 0.6) is 0 Å². The van der Waals surface area contributed by atoms with Gasteiger partial charge in [-0.2, -0.15) is 5.10 Å². The Bertz CT molecular complexity index is 359. The van der Waals surface area contributed by atoms with Crippen LogP contribution in [-0.4, -0.2) is 23.0 Å². The Morgan fingerprint density at radius 1 is 1.71 bits per heavy atom. The summed E-state index contributed by atoms with van der Waals surface area (Å²) in [4.78, 5) is 0. The molecule has 0 fully saturated rings. The van der Waals surface area contributed by atoms with E-state index in [9.17, 15) is 0 Å². The average Bonchev–Trinajstić information content (AvgIpc) is 2.46. The van der Waals surface area contributed by atoms with E-state index in [2.05, 4.69) is 27.6 Å². The van der Waals surface area contributed by atoms with Gasteiger partial charge in [0.1, 0.15) is 4.60 Å². The number of aromatic nitrogens is 2. The first-order valence-electron chi connectivity index (χ1n) is 4.65. The molecule has 2 heterocycles. The highest BCUT2D eigenvalue weighted by Gasteiger charge is 2.19. The second-order valence-electron chi connectivity index (χ2n) is 3.53. The van der Waals surface area contributed by atoms with Gasteiger partial charge in [0.25, 0.3) is 0 Å². The maximum Gasteiger partial charge on any atom is 0.128 e. The smallest absolute Gasteiger partial charge is 0.128 e. The number of halogens is 1. The molecule has 0 spiro atoms. The summed E-state index contributed by atoms with van der Waals surface area (Å²) in [5.41, 5.74) is 2.26. The summed E-state index contributed by atoms with van der Waals surface area (Å²) in [5.74, 6) is 0. The lowest BCUT2D eigenvalue weighted by molar-refractivity contribution is 0.0808. The van der Waals surface area contributed by atoms with Crippen LogP contribution in [0.1, 0.15) is 18.5 Å². The number of rotatable bonds is 1. The molecule has 76 valence electrons. The fraction of sp³-hybridized carbons (Fsp3) is 0.500. The van der Waals surface area contributed by atoms with Crippen molar-refractivity contribution in [2.75, 3.05) is 7.11 Å². The SMILES string of the molecule is C=C1CCC(OC)Cn2nc(Br)cc21. The molecule has 4 heteroatoms. The van der Waals surface area contributed by atoms with Crippen molar-refractivity contribution in [3.05, 3.63) is 22.9 Å². The monoisotopic (exact) mass is 256 g/mol. The van der Waals surface area contributed by atoms with Crippen LogP contribution in [-0.2, 0) is 11.3 Å². The Balaban J connectivity index is 2.34. The molecule has 1 aliphatic rings. The highest BCUT2D eigenvalue weighted by atomic mass is 79.9. The number of fused-ring (bicyclic) bond motifs is 1.